The van der Waals surface area contributed by atoms with E-state index in [-0.39, 0.29) is 28.6 Å². The molecule has 0 spiro atoms. The van der Waals surface area contributed by atoms with Crippen LogP contribution in [0.5, 0.6) is 5.75 Å². The molecule has 1 heterocycles. The third-order valence-corrected chi connectivity index (χ3v) is 4.31. The van der Waals surface area contributed by atoms with Crippen molar-refractivity contribution in [3.8, 4) is 5.75 Å². The summed E-state index contributed by atoms with van der Waals surface area (Å²) >= 11 is 0. The van der Waals surface area contributed by atoms with Crippen LogP contribution in [0.15, 0.2) is 18.2 Å². The fourth-order valence-electron chi connectivity index (χ4n) is 2.88. The average Bonchev–Trinajstić information content (AvgIpc) is 2.96. The summed E-state index contributed by atoms with van der Waals surface area (Å²) < 4.78 is 10.1. The molecule has 0 unspecified atom stereocenters. The van der Waals surface area contributed by atoms with Gasteiger partial charge in [-0.05, 0) is 45.4 Å². The molecule has 29 heavy (non-hydrogen) atoms. The van der Waals surface area contributed by atoms with Gasteiger partial charge in [0.25, 0.3) is 11.6 Å². The van der Waals surface area contributed by atoms with Gasteiger partial charge in [0.2, 0.25) is 0 Å². The van der Waals surface area contributed by atoms with E-state index in [0.29, 0.717) is 16.8 Å². The number of nitro benzene ring substituents is 1. The number of esters is 1. The van der Waals surface area contributed by atoms with E-state index in [2.05, 4.69) is 10.3 Å². The van der Waals surface area contributed by atoms with Crippen molar-refractivity contribution in [1.29, 1.82) is 0 Å². The highest BCUT2D eigenvalue weighted by Gasteiger charge is 2.26. The van der Waals surface area contributed by atoms with Crippen LogP contribution in [-0.2, 0) is 9.53 Å². The molecule has 154 valence electrons. The molecule has 0 radical (unpaired) electrons. The number of Topliss-reactive ketones (excluding diaryl/α,β-unsaturated/α-hetero) is 1. The largest absolute Gasteiger partial charge is 0.496 e. The first-order valence-corrected chi connectivity index (χ1v) is 8.61. The quantitative estimate of drug-likeness (QED) is 0.313. The minimum atomic E-state index is -1.24. The van der Waals surface area contributed by atoms with E-state index in [1.807, 2.05) is 0 Å². The topological polar surface area (TPSA) is 141 Å². The molecule has 1 aromatic carbocycles. The van der Waals surface area contributed by atoms with Crippen LogP contribution in [0.25, 0.3) is 0 Å². The summed E-state index contributed by atoms with van der Waals surface area (Å²) in [4.78, 5) is 49.8. The van der Waals surface area contributed by atoms with Gasteiger partial charge in [-0.15, -0.1) is 0 Å². The summed E-state index contributed by atoms with van der Waals surface area (Å²) in [6.07, 6.45) is -1.24. The van der Waals surface area contributed by atoms with Gasteiger partial charge < -0.3 is 19.8 Å². The van der Waals surface area contributed by atoms with Crippen molar-refractivity contribution in [3.05, 3.63) is 50.8 Å². The molecule has 1 aromatic heterocycles. The number of nitrogens with one attached hydrogen (secondary N) is 2. The highest BCUT2D eigenvalue weighted by molar-refractivity contribution is 6.02. The Bertz CT molecular complexity index is 994. The highest BCUT2D eigenvalue weighted by atomic mass is 16.6. The number of carbonyl (C=O) groups excluding carboxylic acids is 3. The summed E-state index contributed by atoms with van der Waals surface area (Å²) in [5.74, 6) is -1.51. The molecular weight excluding hydrogens is 382 g/mol. The molecule has 0 aliphatic heterocycles. The summed E-state index contributed by atoms with van der Waals surface area (Å²) in [6, 6.07) is 3.94. The number of aromatic nitrogens is 1. The van der Waals surface area contributed by atoms with Crippen LogP contribution in [0.3, 0.4) is 0 Å². The van der Waals surface area contributed by atoms with Crippen LogP contribution in [0.2, 0.25) is 0 Å². The Hall–Kier alpha value is -3.69. The second-order valence-corrected chi connectivity index (χ2v) is 6.36. The first-order valence-electron chi connectivity index (χ1n) is 8.61. The van der Waals surface area contributed by atoms with Gasteiger partial charge in [-0.3, -0.25) is 19.7 Å². The molecular formula is C19H21N3O7. The van der Waals surface area contributed by atoms with E-state index in [4.69, 9.17) is 9.47 Å². The second kappa shape index (κ2) is 8.55. The number of aromatic amines is 1. The molecule has 1 atom stereocenters. The van der Waals surface area contributed by atoms with Gasteiger partial charge in [0, 0.05) is 11.3 Å². The Balaban J connectivity index is 2.16. The van der Waals surface area contributed by atoms with Gasteiger partial charge in [0.15, 0.2) is 11.9 Å². The number of methoxy groups -OCH3 is 1. The van der Waals surface area contributed by atoms with Crippen molar-refractivity contribution >= 4 is 29.0 Å². The number of ether oxygens (including phenoxy) is 2. The third-order valence-electron chi connectivity index (χ3n) is 4.31. The lowest BCUT2D eigenvalue weighted by Gasteiger charge is -2.14. The van der Waals surface area contributed by atoms with Gasteiger partial charge in [0.05, 0.1) is 18.1 Å². The number of anilines is 1. The Kier molecular flexibility index (Phi) is 6.37. The molecule has 10 nitrogen and oxygen atoms in total. The van der Waals surface area contributed by atoms with Crippen molar-refractivity contribution in [1.82, 2.24) is 4.98 Å². The zero-order chi connectivity index (χ0) is 21.9. The third kappa shape index (κ3) is 4.60. The zero-order valence-electron chi connectivity index (χ0n) is 16.6. The molecule has 0 fully saturated rings. The maximum atomic E-state index is 12.4. The Morgan fingerprint density at radius 3 is 2.41 bits per heavy atom. The second-order valence-electron chi connectivity index (χ2n) is 6.36. The molecule has 2 aromatic rings. The number of hydrogen-bond acceptors (Lipinski definition) is 7. The fourth-order valence-corrected chi connectivity index (χ4v) is 2.88. The van der Waals surface area contributed by atoms with E-state index in [1.54, 1.807) is 13.8 Å². The number of benzene rings is 1. The number of rotatable bonds is 7. The molecule has 0 aliphatic carbocycles. The predicted molar refractivity (Wildman–Crippen MR) is 103 cm³/mol. The van der Waals surface area contributed by atoms with E-state index < -0.39 is 22.9 Å². The minimum absolute atomic E-state index is 0.0607. The Labute approximate surface area is 166 Å². The normalized spacial score (nSPS) is 11.5. The maximum Gasteiger partial charge on any atom is 0.355 e. The van der Waals surface area contributed by atoms with Gasteiger partial charge in [0.1, 0.15) is 17.1 Å². The number of nitro groups is 1. The number of ketones is 1. The molecule has 0 aliphatic rings. The Morgan fingerprint density at radius 1 is 1.24 bits per heavy atom. The van der Waals surface area contributed by atoms with E-state index in [9.17, 15) is 24.5 Å². The van der Waals surface area contributed by atoms with E-state index in [0.717, 1.165) is 0 Å². The van der Waals surface area contributed by atoms with Crippen molar-refractivity contribution < 1.29 is 28.8 Å². The standard InChI is InChI=1S/C19H21N3O7/c1-9-16(11(3)23)10(2)20-17(9)19(25)29-12(4)18(24)21-14-7-6-13(28-5)8-15(14)22(26)27/h6-8,12,20H,1-5H3,(H,21,24)/t12-/m1/s1. The van der Waals surface area contributed by atoms with Gasteiger partial charge in [-0.2, -0.15) is 0 Å². The van der Waals surface area contributed by atoms with Gasteiger partial charge in [-0.1, -0.05) is 0 Å². The number of aryl methyl sites for hydroxylation is 1. The van der Waals surface area contributed by atoms with Crippen molar-refractivity contribution in [2.45, 2.75) is 33.8 Å². The minimum Gasteiger partial charge on any atom is -0.496 e. The number of nitrogens with zero attached hydrogens (tertiary/aromatic N) is 1. The maximum absolute atomic E-state index is 12.4. The lowest BCUT2D eigenvalue weighted by Crippen LogP contribution is -2.30. The summed E-state index contributed by atoms with van der Waals surface area (Å²) in [5.41, 5.74) is 0.990. The summed E-state index contributed by atoms with van der Waals surface area (Å²) in [6.45, 7) is 5.97. The summed E-state index contributed by atoms with van der Waals surface area (Å²) in [7, 11) is 1.36. The fraction of sp³-hybridized carbons (Fsp3) is 0.316. The van der Waals surface area contributed by atoms with Crippen LogP contribution in [0, 0.1) is 24.0 Å². The van der Waals surface area contributed by atoms with Crippen molar-refractivity contribution in [2.24, 2.45) is 0 Å². The SMILES string of the molecule is COc1ccc(NC(=O)[C@@H](C)OC(=O)c2[nH]c(C)c(C(C)=O)c2C)c([N+](=O)[O-])c1. The van der Waals surface area contributed by atoms with Crippen LogP contribution in [0.1, 0.15) is 46.0 Å². The van der Waals surface area contributed by atoms with Crippen LogP contribution in [-0.4, -0.2) is 40.8 Å². The molecule has 0 saturated heterocycles. The van der Waals surface area contributed by atoms with E-state index in [1.165, 1.54) is 39.2 Å². The monoisotopic (exact) mass is 403 g/mol. The molecule has 2 rings (SSSR count). The Morgan fingerprint density at radius 2 is 1.90 bits per heavy atom. The average molecular weight is 403 g/mol. The molecule has 10 heteroatoms. The van der Waals surface area contributed by atoms with Crippen molar-refractivity contribution in [2.75, 3.05) is 12.4 Å². The van der Waals surface area contributed by atoms with Crippen LogP contribution >= 0.6 is 0 Å². The first kappa shape index (κ1) is 21.6. The molecule has 1 amide bonds. The van der Waals surface area contributed by atoms with E-state index >= 15 is 0 Å². The number of H-pyrrole nitrogens is 1. The van der Waals surface area contributed by atoms with Crippen LogP contribution in [0.4, 0.5) is 11.4 Å². The molecule has 0 bridgehead atoms. The lowest BCUT2D eigenvalue weighted by atomic mass is 10.1. The predicted octanol–water partition coefficient (Wildman–Crippen LogP) is 2.93. The molecule has 0 saturated carbocycles. The van der Waals surface area contributed by atoms with Crippen molar-refractivity contribution in [3.63, 3.8) is 0 Å². The number of amides is 1. The van der Waals surface area contributed by atoms with Gasteiger partial charge >= 0.3 is 5.97 Å². The zero-order valence-corrected chi connectivity index (χ0v) is 16.6. The number of hydrogen-bond donors (Lipinski definition) is 2. The number of carbonyl (C=O) groups is 3. The summed E-state index contributed by atoms with van der Waals surface area (Å²) in [5, 5.41) is 13.6. The van der Waals surface area contributed by atoms with Crippen LogP contribution < -0.4 is 10.1 Å². The smallest absolute Gasteiger partial charge is 0.355 e. The van der Waals surface area contributed by atoms with Gasteiger partial charge in [-0.25, -0.2) is 4.79 Å². The first-order chi connectivity index (χ1) is 13.6. The lowest BCUT2D eigenvalue weighted by molar-refractivity contribution is -0.384. The molecule has 2 N–H and O–H groups in total. The highest BCUT2D eigenvalue weighted by Crippen LogP contribution is 2.29.